The number of rotatable bonds is 9. The molecule has 0 unspecified atom stereocenters. The van der Waals surface area contributed by atoms with Crippen molar-refractivity contribution in [3.63, 3.8) is 0 Å². The normalized spacial score (nSPS) is 12.1. The van der Waals surface area contributed by atoms with E-state index in [-0.39, 0.29) is 29.5 Å². The van der Waals surface area contributed by atoms with Crippen molar-refractivity contribution in [2.24, 2.45) is 5.92 Å². The number of carbonyl (C=O) groups excluding carboxylic acids is 2. The molecule has 0 saturated heterocycles. The molecule has 0 aliphatic heterocycles. The Morgan fingerprint density at radius 3 is 2.47 bits per heavy atom. The molecule has 2 N–H and O–H groups in total. The Morgan fingerprint density at radius 1 is 1.16 bits per heavy atom. The lowest BCUT2D eigenvalue weighted by molar-refractivity contribution is -0.113. The first kappa shape index (κ1) is 23.9. The quantitative estimate of drug-likeness (QED) is 0.452. The van der Waals surface area contributed by atoms with Crippen LogP contribution in [0.3, 0.4) is 0 Å². The average molecular weight is 473 g/mol. The molecular formula is C22H28N6O2S2. The van der Waals surface area contributed by atoms with Crippen molar-refractivity contribution in [3.05, 3.63) is 52.3 Å². The fourth-order valence-corrected chi connectivity index (χ4v) is 4.60. The van der Waals surface area contributed by atoms with E-state index >= 15 is 0 Å². The van der Waals surface area contributed by atoms with Gasteiger partial charge in [0.05, 0.1) is 17.5 Å². The first-order valence-electron chi connectivity index (χ1n) is 10.4. The zero-order valence-corrected chi connectivity index (χ0v) is 20.5. The highest BCUT2D eigenvalue weighted by Gasteiger charge is 2.26. The van der Waals surface area contributed by atoms with Crippen molar-refractivity contribution in [2.45, 2.75) is 52.4 Å². The molecule has 1 aromatic carbocycles. The number of anilines is 1. The highest BCUT2D eigenvalue weighted by atomic mass is 32.2. The first-order valence-corrected chi connectivity index (χ1v) is 12.3. The molecule has 8 nitrogen and oxygen atoms in total. The van der Waals surface area contributed by atoms with Crippen molar-refractivity contribution in [1.29, 1.82) is 0 Å². The standard InChI is InChI=1S/C22H28N6O2S2/c1-6-28-19(18(13(2)3)25-20(30)16-9-7-14(4)8-10-16)26-27-22(28)32-12-17(29)24-21-23-15(5)11-31-21/h7-11,13,18H,6,12H2,1-5H3,(H,25,30)(H,23,24,29)/t18-/m1/s1. The molecule has 3 rings (SSSR count). The molecule has 0 aliphatic rings. The summed E-state index contributed by atoms with van der Waals surface area (Å²) in [6.45, 7) is 10.6. The number of aryl methyl sites for hydroxylation is 2. The number of hydrogen-bond acceptors (Lipinski definition) is 7. The molecule has 0 bridgehead atoms. The van der Waals surface area contributed by atoms with Gasteiger partial charge in [0.15, 0.2) is 16.1 Å². The van der Waals surface area contributed by atoms with E-state index in [4.69, 9.17) is 0 Å². The summed E-state index contributed by atoms with van der Waals surface area (Å²) in [5.74, 6) is 0.680. The molecule has 0 aliphatic carbocycles. The number of hydrogen-bond donors (Lipinski definition) is 2. The van der Waals surface area contributed by atoms with Crippen LogP contribution in [0.25, 0.3) is 0 Å². The summed E-state index contributed by atoms with van der Waals surface area (Å²) in [5, 5.41) is 17.7. The Hall–Kier alpha value is -2.72. The van der Waals surface area contributed by atoms with Crippen LogP contribution in [-0.4, -0.2) is 37.3 Å². The van der Waals surface area contributed by atoms with Crippen LogP contribution in [0.4, 0.5) is 5.13 Å². The zero-order chi connectivity index (χ0) is 23.3. The average Bonchev–Trinajstić information content (AvgIpc) is 3.35. The van der Waals surface area contributed by atoms with Crippen molar-refractivity contribution in [2.75, 3.05) is 11.1 Å². The van der Waals surface area contributed by atoms with Gasteiger partial charge in [0.25, 0.3) is 5.91 Å². The summed E-state index contributed by atoms with van der Waals surface area (Å²) in [7, 11) is 0. The van der Waals surface area contributed by atoms with Gasteiger partial charge in [-0.3, -0.25) is 9.59 Å². The van der Waals surface area contributed by atoms with E-state index in [0.29, 0.717) is 28.2 Å². The molecule has 0 radical (unpaired) electrons. The summed E-state index contributed by atoms with van der Waals surface area (Å²) >= 11 is 2.71. The van der Waals surface area contributed by atoms with Gasteiger partial charge in [-0.2, -0.15) is 0 Å². The maximum Gasteiger partial charge on any atom is 0.251 e. The van der Waals surface area contributed by atoms with Crippen molar-refractivity contribution in [3.8, 4) is 0 Å². The minimum Gasteiger partial charge on any atom is -0.342 e. The summed E-state index contributed by atoms with van der Waals surface area (Å²) in [6.07, 6.45) is 0. The zero-order valence-electron chi connectivity index (χ0n) is 18.9. The fourth-order valence-electron chi connectivity index (χ4n) is 3.09. The van der Waals surface area contributed by atoms with Crippen LogP contribution in [0, 0.1) is 19.8 Å². The third-order valence-corrected chi connectivity index (χ3v) is 6.65. The second-order valence-electron chi connectivity index (χ2n) is 7.78. The predicted octanol–water partition coefficient (Wildman–Crippen LogP) is 4.23. The largest absolute Gasteiger partial charge is 0.342 e. The second kappa shape index (κ2) is 10.7. The first-order chi connectivity index (χ1) is 15.3. The number of thiazole rings is 1. The lowest BCUT2D eigenvalue weighted by Gasteiger charge is -2.22. The lowest BCUT2D eigenvalue weighted by Crippen LogP contribution is -2.33. The predicted molar refractivity (Wildman–Crippen MR) is 128 cm³/mol. The van der Waals surface area contributed by atoms with Gasteiger partial charge in [0, 0.05) is 17.5 Å². The van der Waals surface area contributed by atoms with Crippen LogP contribution in [0.5, 0.6) is 0 Å². The van der Waals surface area contributed by atoms with Crippen LogP contribution in [0.1, 0.15) is 54.3 Å². The van der Waals surface area contributed by atoms with Crippen LogP contribution >= 0.6 is 23.1 Å². The van der Waals surface area contributed by atoms with Gasteiger partial charge >= 0.3 is 0 Å². The van der Waals surface area contributed by atoms with Crippen molar-refractivity contribution in [1.82, 2.24) is 25.1 Å². The molecule has 0 spiro atoms. The molecule has 3 aromatic rings. The van der Waals surface area contributed by atoms with E-state index in [9.17, 15) is 9.59 Å². The van der Waals surface area contributed by atoms with Gasteiger partial charge < -0.3 is 15.2 Å². The maximum atomic E-state index is 12.8. The number of aromatic nitrogens is 4. The number of nitrogens with one attached hydrogen (secondary N) is 2. The molecule has 2 aromatic heterocycles. The topological polar surface area (TPSA) is 102 Å². The fraction of sp³-hybridized carbons (Fsp3) is 0.409. The summed E-state index contributed by atoms with van der Waals surface area (Å²) in [4.78, 5) is 29.3. The van der Waals surface area contributed by atoms with E-state index in [0.717, 1.165) is 11.3 Å². The molecule has 2 heterocycles. The molecule has 1 atom stereocenters. The van der Waals surface area contributed by atoms with E-state index < -0.39 is 0 Å². The van der Waals surface area contributed by atoms with Crippen LogP contribution in [0.2, 0.25) is 0 Å². The van der Waals surface area contributed by atoms with E-state index in [1.165, 1.54) is 23.1 Å². The third-order valence-electron chi connectivity index (χ3n) is 4.80. The van der Waals surface area contributed by atoms with Gasteiger partial charge in [-0.1, -0.05) is 43.3 Å². The summed E-state index contributed by atoms with van der Waals surface area (Å²) in [5.41, 5.74) is 2.58. The van der Waals surface area contributed by atoms with Crippen molar-refractivity contribution < 1.29 is 9.59 Å². The molecule has 32 heavy (non-hydrogen) atoms. The van der Waals surface area contributed by atoms with Crippen LogP contribution in [0.15, 0.2) is 34.8 Å². The smallest absolute Gasteiger partial charge is 0.251 e. The Kier molecular flexibility index (Phi) is 8.03. The number of carbonyl (C=O) groups is 2. The Bertz CT molecular complexity index is 1070. The van der Waals surface area contributed by atoms with E-state index in [1.54, 1.807) is 0 Å². The SMILES string of the molecule is CCn1c(SCC(=O)Nc2nc(C)cs2)nnc1[C@H](NC(=O)c1ccc(C)cc1)C(C)C. The van der Waals surface area contributed by atoms with Gasteiger partial charge in [0.2, 0.25) is 5.91 Å². The Morgan fingerprint density at radius 2 is 1.88 bits per heavy atom. The molecule has 170 valence electrons. The van der Waals surface area contributed by atoms with Gasteiger partial charge in [-0.25, -0.2) is 4.98 Å². The van der Waals surface area contributed by atoms with Crippen molar-refractivity contribution >= 4 is 40.0 Å². The number of amides is 2. The van der Waals surface area contributed by atoms with Crippen LogP contribution < -0.4 is 10.6 Å². The third kappa shape index (κ3) is 5.95. The molecule has 10 heteroatoms. The summed E-state index contributed by atoms with van der Waals surface area (Å²) < 4.78 is 1.95. The maximum absolute atomic E-state index is 12.8. The highest BCUT2D eigenvalue weighted by molar-refractivity contribution is 7.99. The minimum absolute atomic E-state index is 0.105. The minimum atomic E-state index is -0.308. The number of thioether (sulfide) groups is 1. The van der Waals surface area contributed by atoms with Crippen LogP contribution in [-0.2, 0) is 11.3 Å². The van der Waals surface area contributed by atoms with E-state index in [2.05, 4.69) is 25.8 Å². The summed E-state index contributed by atoms with van der Waals surface area (Å²) in [6, 6.07) is 7.16. The van der Waals surface area contributed by atoms with Gasteiger partial charge in [-0.05, 0) is 38.8 Å². The molecule has 0 fully saturated rings. The number of benzene rings is 1. The molecule has 2 amide bonds. The number of nitrogens with zero attached hydrogens (tertiary/aromatic N) is 4. The monoisotopic (exact) mass is 472 g/mol. The van der Waals surface area contributed by atoms with Gasteiger partial charge in [0.1, 0.15) is 0 Å². The lowest BCUT2D eigenvalue weighted by atomic mass is 10.0. The highest BCUT2D eigenvalue weighted by Crippen LogP contribution is 2.26. The Labute approximate surface area is 196 Å². The molecule has 0 saturated carbocycles. The molecular weight excluding hydrogens is 444 g/mol. The van der Waals surface area contributed by atoms with E-state index in [1.807, 2.05) is 68.8 Å². The second-order valence-corrected chi connectivity index (χ2v) is 9.58. The Balaban J connectivity index is 1.70. The van der Waals surface area contributed by atoms with Gasteiger partial charge in [-0.15, -0.1) is 21.5 Å².